The molecule has 0 saturated carbocycles. The zero-order valence-electron chi connectivity index (χ0n) is 11.0. The van der Waals surface area contributed by atoms with E-state index in [4.69, 9.17) is 4.74 Å². The van der Waals surface area contributed by atoms with E-state index >= 15 is 0 Å². The summed E-state index contributed by atoms with van der Waals surface area (Å²) in [6.07, 6.45) is 3.12. The van der Waals surface area contributed by atoms with Gasteiger partial charge >= 0.3 is 0 Å². The van der Waals surface area contributed by atoms with Crippen LogP contribution in [-0.4, -0.2) is 22.4 Å². The first-order valence-electron chi connectivity index (χ1n) is 6.16. The van der Waals surface area contributed by atoms with Crippen molar-refractivity contribution >= 4 is 28.3 Å². The van der Waals surface area contributed by atoms with Gasteiger partial charge in [0, 0.05) is 23.0 Å². The first-order chi connectivity index (χ1) is 9.35. The third kappa shape index (κ3) is 3.84. The van der Waals surface area contributed by atoms with Crippen molar-refractivity contribution in [2.75, 3.05) is 18.1 Å². The third-order valence-corrected chi connectivity index (χ3v) is 4.03. The molecular weight excluding hydrogens is 278 g/mol. The van der Waals surface area contributed by atoms with E-state index in [1.807, 2.05) is 24.5 Å². The van der Waals surface area contributed by atoms with Crippen molar-refractivity contribution in [2.24, 2.45) is 0 Å². The van der Waals surface area contributed by atoms with Crippen LogP contribution in [0.2, 0.25) is 0 Å². The second-order valence-electron chi connectivity index (χ2n) is 3.92. The maximum absolute atomic E-state index is 5.84. The van der Waals surface area contributed by atoms with E-state index in [0.717, 1.165) is 34.3 Å². The first kappa shape index (κ1) is 14.1. The van der Waals surface area contributed by atoms with Gasteiger partial charge in [-0.3, -0.25) is 0 Å². The molecule has 0 bridgehead atoms. The molecule has 0 fully saturated rings. The van der Waals surface area contributed by atoms with Crippen molar-refractivity contribution in [1.82, 2.24) is 9.59 Å². The van der Waals surface area contributed by atoms with Gasteiger partial charge in [0.2, 0.25) is 0 Å². The Labute approximate surface area is 121 Å². The zero-order valence-corrected chi connectivity index (χ0v) is 12.7. The van der Waals surface area contributed by atoms with E-state index in [1.165, 1.54) is 11.5 Å². The molecule has 2 rings (SSSR count). The minimum atomic E-state index is 0.445. The van der Waals surface area contributed by atoms with Crippen LogP contribution in [-0.2, 0) is 6.61 Å². The van der Waals surface area contributed by atoms with Crippen LogP contribution >= 0.6 is 23.3 Å². The van der Waals surface area contributed by atoms with Crippen molar-refractivity contribution in [3.8, 4) is 5.75 Å². The molecule has 0 radical (unpaired) electrons. The van der Waals surface area contributed by atoms with Gasteiger partial charge in [-0.1, -0.05) is 23.5 Å². The normalized spacial score (nSPS) is 10.4. The van der Waals surface area contributed by atoms with Gasteiger partial charge in [-0.25, -0.2) is 0 Å². The molecule has 0 atom stereocenters. The van der Waals surface area contributed by atoms with E-state index in [1.54, 1.807) is 11.8 Å². The maximum atomic E-state index is 5.84. The molecule has 1 aromatic heterocycles. The number of hydrogen-bond donors (Lipinski definition) is 1. The van der Waals surface area contributed by atoms with E-state index in [9.17, 15) is 0 Å². The highest BCUT2D eigenvalue weighted by Crippen LogP contribution is 2.28. The Kier molecular flexibility index (Phi) is 5.47. The van der Waals surface area contributed by atoms with Gasteiger partial charge in [0.05, 0.1) is 0 Å². The molecule has 0 aliphatic heterocycles. The van der Waals surface area contributed by atoms with Gasteiger partial charge in [0.1, 0.15) is 23.1 Å². The number of nitrogens with one attached hydrogen (secondary N) is 1. The number of rotatable bonds is 7. The average Bonchev–Trinajstić information content (AvgIpc) is 2.90. The van der Waals surface area contributed by atoms with Gasteiger partial charge in [-0.15, -0.1) is 16.9 Å². The molecule has 0 unspecified atom stereocenters. The Hall–Kier alpha value is -1.27. The van der Waals surface area contributed by atoms with Crippen molar-refractivity contribution in [3.63, 3.8) is 0 Å². The highest BCUT2D eigenvalue weighted by atomic mass is 32.2. The van der Waals surface area contributed by atoms with Crippen LogP contribution in [0, 0.1) is 0 Å². The average molecular weight is 295 g/mol. The minimum Gasteiger partial charge on any atom is -0.486 e. The Morgan fingerprint density at radius 2 is 2.21 bits per heavy atom. The first-order valence-corrected chi connectivity index (χ1v) is 8.16. The van der Waals surface area contributed by atoms with Crippen LogP contribution in [0.1, 0.15) is 19.0 Å². The number of hydrogen-bond acceptors (Lipinski definition) is 6. The molecule has 6 heteroatoms. The Morgan fingerprint density at radius 3 is 3.00 bits per heavy atom. The number of benzene rings is 1. The monoisotopic (exact) mass is 295 g/mol. The van der Waals surface area contributed by atoms with Crippen LogP contribution in [0.25, 0.3) is 0 Å². The molecule has 19 heavy (non-hydrogen) atoms. The van der Waals surface area contributed by atoms with E-state index in [0.29, 0.717) is 6.61 Å². The highest BCUT2D eigenvalue weighted by molar-refractivity contribution is 7.98. The summed E-state index contributed by atoms with van der Waals surface area (Å²) in [4.78, 5) is 1.13. The summed E-state index contributed by atoms with van der Waals surface area (Å²) in [6, 6.07) is 8.02. The Bertz CT molecular complexity index is 516. The topological polar surface area (TPSA) is 47.0 Å². The van der Waals surface area contributed by atoms with Gasteiger partial charge < -0.3 is 10.1 Å². The molecule has 0 amide bonds. The van der Waals surface area contributed by atoms with Crippen LogP contribution in [0.4, 0.5) is 5.00 Å². The summed E-state index contributed by atoms with van der Waals surface area (Å²) < 4.78 is 9.81. The third-order valence-electron chi connectivity index (χ3n) is 2.52. The lowest BCUT2D eigenvalue weighted by Crippen LogP contribution is -2.04. The summed E-state index contributed by atoms with van der Waals surface area (Å²) in [6.45, 7) is 3.50. The number of thioether (sulfide) groups is 1. The lowest BCUT2D eigenvalue weighted by molar-refractivity contribution is 0.294. The van der Waals surface area contributed by atoms with Gasteiger partial charge in [-0.2, -0.15) is 0 Å². The molecule has 4 nitrogen and oxygen atoms in total. The van der Waals surface area contributed by atoms with Crippen molar-refractivity contribution < 1.29 is 4.74 Å². The smallest absolute Gasteiger partial charge is 0.136 e. The zero-order chi connectivity index (χ0) is 13.5. The van der Waals surface area contributed by atoms with E-state index in [-0.39, 0.29) is 0 Å². The second kappa shape index (κ2) is 7.35. The number of anilines is 1. The summed E-state index contributed by atoms with van der Waals surface area (Å²) >= 11 is 3.05. The molecule has 0 spiro atoms. The van der Waals surface area contributed by atoms with Crippen molar-refractivity contribution in [1.29, 1.82) is 0 Å². The molecule has 1 heterocycles. The molecule has 0 aliphatic rings. The Balaban J connectivity index is 2.00. The van der Waals surface area contributed by atoms with Crippen LogP contribution < -0.4 is 10.1 Å². The minimum absolute atomic E-state index is 0.445. The fourth-order valence-corrected chi connectivity index (χ4v) is 2.70. The van der Waals surface area contributed by atoms with Crippen LogP contribution in [0.3, 0.4) is 0 Å². The maximum Gasteiger partial charge on any atom is 0.136 e. The second-order valence-corrected chi connectivity index (χ2v) is 5.52. The Morgan fingerprint density at radius 1 is 1.37 bits per heavy atom. The molecule has 0 aliphatic carbocycles. The standard InChI is InChI=1S/C13H17N3OS2/c1-3-8-14-13-10(15-16-19-13)9-17-11-6-4-5-7-12(11)18-2/h4-7,14H,3,8-9H2,1-2H3. The predicted molar refractivity (Wildman–Crippen MR) is 81.2 cm³/mol. The summed E-state index contributed by atoms with van der Waals surface area (Å²) in [5.74, 6) is 0.893. The number of ether oxygens (including phenoxy) is 1. The highest BCUT2D eigenvalue weighted by Gasteiger charge is 2.09. The van der Waals surface area contributed by atoms with Crippen LogP contribution in [0.5, 0.6) is 5.75 Å². The number of aromatic nitrogens is 2. The molecular formula is C13H17N3OS2. The number of para-hydroxylation sites is 1. The number of nitrogens with zero attached hydrogens (tertiary/aromatic N) is 2. The lowest BCUT2D eigenvalue weighted by Gasteiger charge is -2.09. The predicted octanol–water partition coefficient (Wildman–Crippen LogP) is 3.66. The largest absolute Gasteiger partial charge is 0.486 e. The van der Waals surface area contributed by atoms with Crippen LogP contribution in [0.15, 0.2) is 29.2 Å². The fourth-order valence-electron chi connectivity index (χ4n) is 1.56. The molecule has 0 saturated heterocycles. The molecule has 2 aromatic rings. The fraction of sp³-hybridized carbons (Fsp3) is 0.385. The van der Waals surface area contributed by atoms with Gasteiger partial charge in [0.25, 0.3) is 0 Å². The summed E-state index contributed by atoms with van der Waals surface area (Å²) in [7, 11) is 0. The summed E-state index contributed by atoms with van der Waals surface area (Å²) in [5, 5.41) is 8.43. The molecule has 1 N–H and O–H groups in total. The van der Waals surface area contributed by atoms with Crippen molar-refractivity contribution in [3.05, 3.63) is 30.0 Å². The lowest BCUT2D eigenvalue weighted by atomic mass is 10.3. The van der Waals surface area contributed by atoms with Gasteiger partial charge in [-0.05, 0) is 24.8 Å². The van der Waals surface area contributed by atoms with Crippen molar-refractivity contribution in [2.45, 2.75) is 24.8 Å². The quantitative estimate of drug-likeness (QED) is 0.790. The molecule has 102 valence electrons. The summed E-state index contributed by atoms with van der Waals surface area (Å²) in [5.41, 5.74) is 0.870. The molecule has 1 aromatic carbocycles. The SMILES string of the molecule is CCCNc1snnc1COc1ccccc1SC. The van der Waals surface area contributed by atoms with E-state index < -0.39 is 0 Å². The van der Waals surface area contributed by atoms with E-state index in [2.05, 4.69) is 27.9 Å². The van der Waals surface area contributed by atoms with Gasteiger partial charge in [0.15, 0.2) is 0 Å².